The van der Waals surface area contributed by atoms with Gasteiger partial charge in [-0.15, -0.1) is 5.10 Å². The second kappa shape index (κ2) is 5.98. The van der Waals surface area contributed by atoms with Crippen LogP contribution in [0.1, 0.15) is 18.9 Å². The molecule has 1 atom stereocenters. The molecule has 0 aliphatic carbocycles. The summed E-state index contributed by atoms with van der Waals surface area (Å²) in [7, 11) is -3.09. The quantitative estimate of drug-likeness (QED) is 0.703. The second-order valence-corrected chi connectivity index (χ2v) is 9.10. The van der Waals surface area contributed by atoms with Crippen LogP contribution in [0.15, 0.2) is 42.9 Å². The molecule has 0 bridgehead atoms. The van der Waals surface area contributed by atoms with Gasteiger partial charge < -0.3 is 0 Å². The number of aryl methyl sites for hydroxylation is 1. The van der Waals surface area contributed by atoms with Crippen molar-refractivity contribution >= 4 is 9.84 Å². The Morgan fingerprint density at radius 1 is 1.19 bits per heavy atom. The summed E-state index contributed by atoms with van der Waals surface area (Å²) in [5, 5.41) is 4.71. The highest BCUT2D eigenvalue weighted by molar-refractivity contribution is 7.91. The van der Waals surface area contributed by atoms with Crippen molar-refractivity contribution in [1.29, 1.82) is 0 Å². The Kier molecular flexibility index (Phi) is 3.87. The van der Waals surface area contributed by atoms with Gasteiger partial charge in [0, 0.05) is 18.0 Å². The van der Waals surface area contributed by atoms with Gasteiger partial charge in [-0.3, -0.25) is 4.98 Å². The average molecular weight is 369 g/mol. The fraction of sp³-hybridized carbons (Fsp3) is 0.333. The molecule has 7 nitrogen and oxygen atoms in total. The molecule has 3 heterocycles. The van der Waals surface area contributed by atoms with E-state index >= 15 is 0 Å². The molecule has 1 aliphatic heterocycles. The van der Waals surface area contributed by atoms with E-state index in [1.807, 2.05) is 38.1 Å². The molecule has 26 heavy (non-hydrogen) atoms. The molecule has 0 spiro atoms. The van der Waals surface area contributed by atoms with E-state index in [0.717, 1.165) is 11.1 Å². The van der Waals surface area contributed by atoms with E-state index in [4.69, 9.17) is 10.1 Å². The van der Waals surface area contributed by atoms with E-state index in [-0.39, 0.29) is 11.5 Å². The van der Waals surface area contributed by atoms with Crippen LogP contribution in [0, 0.1) is 6.92 Å². The third kappa shape index (κ3) is 2.90. The van der Waals surface area contributed by atoms with Gasteiger partial charge in [-0.05, 0) is 25.8 Å². The number of benzene rings is 1. The SMILES string of the molecule is Cc1ccccc1-c1nc(-c2cnccn2)n(C2(C)CCS(=O)(=O)C2)n1. The van der Waals surface area contributed by atoms with Crippen molar-refractivity contribution in [1.82, 2.24) is 24.7 Å². The maximum absolute atomic E-state index is 12.1. The highest BCUT2D eigenvalue weighted by atomic mass is 32.2. The Morgan fingerprint density at radius 2 is 2.00 bits per heavy atom. The summed E-state index contributed by atoms with van der Waals surface area (Å²) in [6.07, 6.45) is 5.30. The van der Waals surface area contributed by atoms with Crippen LogP contribution in [-0.2, 0) is 15.4 Å². The molecule has 1 saturated heterocycles. The lowest BCUT2D eigenvalue weighted by Gasteiger charge is -2.24. The fourth-order valence-electron chi connectivity index (χ4n) is 3.37. The molecule has 3 aromatic rings. The van der Waals surface area contributed by atoms with Crippen molar-refractivity contribution in [2.24, 2.45) is 0 Å². The van der Waals surface area contributed by atoms with Gasteiger partial charge in [0.2, 0.25) is 0 Å². The normalized spacial score (nSPS) is 21.8. The Hall–Kier alpha value is -2.61. The lowest BCUT2D eigenvalue weighted by Crippen LogP contribution is -2.33. The van der Waals surface area contributed by atoms with Gasteiger partial charge in [0.15, 0.2) is 21.5 Å². The van der Waals surface area contributed by atoms with E-state index in [1.54, 1.807) is 23.3 Å². The molecule has 0 saturated carbocycles. The van der Waals surface area contributed by atoms with Crippen molar-refractivity contribution in [3.05, 3.63) is 48.4 Å². The van der Waals surface area contributed by atoms with Crippen molar-refractivity contribution in [2.45, 2.75) is 25.8 Å². The van der Waals surface area contributed by atoms with Crippen LogP contribution in [0.5, 0.6) is 0 Å². The number of hydrogen-bond acceptors (Lipinski definition) is 6. The average Bonchev–Trinajstić information content (AvgIpc) is 3.18. The van der Waals surface area contributed by atoms with Gasteiger partial charge >= 0.3 is 0 Å². The minimum Gasteiger partial charge on any atom is -0.261 e. The minimum atomic E-state index is -3.09. The van der Waals surface area contributed by atoms with Gasteiger partial charge in [-0.1, -0.05) is 24.3 Å². The van der Waals surface area contributed by atoms with Crippen molar-refractivity contribution in [2.75, 3.05) is 11.5 Å². The summed E-state index contributed by atoms with van der Waals surface area (Å²) in [5.41, 5.74) is 1.89. The van der Waals surface area contributed by atoms with E-state index in [9.17, 15) is 8.42 Å². The molecule has 1 aliphatic rings. The zero-order chi connectivity index (χ0) is 18.4. The molecule has 0 radical (unpaired) electrons. The molecule has 0 amide bonds. The lowest BCUT2D eigenvalue weighted by molar-refractivity contribution is 0.332. The van der Waals surface area contributed by atoms with Crippen molar-refractivity contribution < 1.29 is 8.42 Å². The Bertz CT molecular complexity index is 1060. The van der Waals surface area contributed by atoms with Gasteiger partial charge in [0.05, 0.1) is 23.2 Å². The Morgan fingerprint density at radius 3 is 2.65 bits per heavy atom. The molecule has 8 heteroatoms. The zero-order valence-corrected chi connectivity index (χ0v) is 15.4. The van der Waals surface area contributed by atoms with Gasteiger partial charge in [-0.2, -0.15) is 0 Å². The number of hydrogen-bond donors (Lipinski definition) is 0. The first-order valence-electron chi connectivity index (χ1n) is 8.38. The monoisotopic (exact) mass is 369 g/mol. The van der Waals surface area contributed by atoms with E-state index in [0.29, 0.717) is 23.8 Å². The maximum Gasteiger partial charge on any atom is 0.182 e. The molecule has 0 N–H and O–H groups in total. The van der Waals surface area contributed by atoms with Crippen LogP contribution in [0.25, 0.3) is 22.9 Å². The highest BCUT2D eigenvalue weighted by Gasteiger charge is 2.42. The Balaban J connectivity index is 1.91. The van der Waals surface area contributed by atoms with Crippen LogP contribution < -0.4 is 0 Å². The summed E-state index contributed by atoms with van der Waals surface area (Å²) in [6, 6.07) is 7.86. The third-order valence-electron chi connectivity index (χ3n) is 4.78. The zero-order valence-electron chi connectivity index (χ0n) is 14.6. The third-order valence-corrected chi connectivity index (χ3v) is 6.67. The molecular formula is C18H19N5O2S. The van der Waals surface area contributed by atoms with E-state index < -0.39 is 15.4 Å². The number of nitrogens with zero attached hydrogens (tertiary/aromatic N) is 5. The van der Waals surface area contributed by atoms with E-state index in [2.05, 4.69) is 9.97 Å². The van der Waals surface area contributed by atoms with Gasteiger partial charge in [0.1, 0.15) is 5.69 Å². The van der Waals surface area contributed by atoms with Gasteiger partial charge in [0.25, 0.3) is 0 Å². The molecular weight excluding hydrogens is 350 g/mol. The van der Waals surface area contributed by atoms with Crippen LogP contribution in [0.3, 0.4) is 0 Å². The highest BCUT2D eigenvalue weighted by Crippen LogP contribution is 2.34. The summed E-state index contributed by atoms with van der Waals surface area (Å²) in [5.74, 6) is 1.30. The standard InChI is InChI=1S/C18H19N5O2S/c1-13-5-3-4-6-14(13)16-21-17(15-11-19-8-9-20-15)23(22-16)18(2)7-10-26(24,25)12-18/h3-6,8-9,11H,7,10,12H2,1-2H3. The van der Waals surface area contributed by atoms with Crippen LogP contribution >= 0.6 is 0 Å². The summed E-state index contributed by atoms with van der Waals surface area (Å²) < 4.78 is 25.9. The topological polar surface area (TPSA) is 90.6 Å². The summed E-state index contributed by atoms with van der Waals surface area (Å²) in [6.45, 7) is 3.91. The smallest absolute Gasteiger partial charge is 0.182 e. The second-order valence-electron chi connectivity index (χ2n) is 6.92. The summed E-state index contributed by atoms with van der Waals surface area (Å²) in [4.78, 5) is 13.2. The largest absolute Gasteiger partial charge is 0.261 e. The fourth-order valence-corrected chi connectivity index (χ4v) is 5.48. The molecule has 1 unspecified atom stereocenters. The first kappa shape index (κ1) is 16.8. The first-order chi connectivity index (χ1) is 12.4. The van der Waals surface area contributed by atoms with Crippen molar-refractivity contribution in [3.8, 4) is 22.9 Å². The Labute approximate surface area is 152 Å². The number of sulfone groups is 1. The minimum absolute atomic E-state index is 0.0455. The van der Waals surface area contributed by atoms with Gasteiger partial charge in [-0.25, -0.2) is 23.1 Å². The molecule has 1 aromatic carbocycles. The van der Waals surface area contributed by atoms with Crippen LogP contribution in [-0.4, -0.2) is 44.7 Å². The first-order valence-corrected chi connectivity index (χ1v) is 10.2. The molecule has 4 rings (SSSR count). The predicted molar refractivity (Wildman–Crippen MR) is 98.1 cm³/mol. The molecule has 1 fully saturated rings. The van der Waals surface area contributed by atoms with Crippen LogP contribution in [0.4, 0.5) is 0 Å². The van der Waals surface area contributed by atoms with Crippen LogP contribution in [0.2, 0.25) is 0 Å². The number of aromatic nitrogens is 5. The molecule has 134 valence electrons. The summed E-state index contributed by atoms with van der Waals surface area (Å²) >= 11 is 0. The predicted octanol–water partition coefficient (Wildman–Crippen LogP) is 2.24. The van der Waals surface area contributed by atoms with Crippen molar-refractivity contribution in [3.63, 3.8) is 0 Å². The maximum atomic E-state index is 12.1. The number of rotatable bonds is 3. The van der Waals surface area contributed by atoms with E-state index in [1.165, 1.54) is 0 Å². The molecule has 2 aromatic heterocycles. The lowest BCUT2D eigenvalue weighted by atomic mass is 10.0.